The largest absolute Gasteiger partial charge is 0.304 e. The van der Waals surface area contributed by atoms with Gasteiger partial charge in [-0.2, -0.15) is 0 Å². The van der Waals surface area contributed by atoms with E-state index in [2.05, 4.69) is 16.8 Å². The molecule has 2 nitrogen and oxygen atoms in total. The zero-order valence-electron chi connectivity index (χ0n) is 11.5. The summed E-state index contributed by atoms with van der Waals surface area (Å²) in [5.41, 5.74) is 1.62. The normalized spacial score (nSPS) is 18.2. The second-order valence-electron chi connectivity index (χ2n) is 5.30. The quantitative estimate of drug-likeness (QED) is 0.809. The predicted molar refractivity (Wildman–Crippen MR) is 73.4 cm³/mol. The molecule has 0 unspecified atom stereocenters. The SMILES string of the molecule is Cc1cccc(CCCN2CCN(C)CC2)c1F. The predicted octanol–water partition coefficient (Wildman–Crippen LogP) is 2.31. The topological polar surface area (TPSA) is 6.48 Å². The van der Waals surface area contributed by atoms with Gasteiger partial charge in [-0.25, -0.2) is 4.39 Å². The number of halogens is 1. The van der Waals surface area contributed by atoms with Gasteiger partial charge in [0.15, 0.2) is 0 Å². The number of likely N-dealkylation sites (N-methyl/N-ethyl adjacent to an activating group) is 1. The van der Waals surface area contributed by atoms with Gasteiger partial charge in [0.1, 0.15) is 5.82 Å². The smallest absolute Gasteiger partial charge is 0.129 e. The Balaban J connectivity index is 1.77. The summed E-state index contributed by atoms with van der Waals surface area (Å²) in [7, 11) is 2.17. The number of hydrogen-bond acceptors (Lipinski definition) is 2. The van der Waals surface area contributed by atoms with Gasteiger partial charge >= 0.3 is 0 Å². The summed E-state index contributed by atoms with van der Waals surface area (Å²) in [4.78, 5) is 4.84. The molecule has 1 aromatic rings. The van der Waals surface area contributed by atoms with Crippen LogP contribution in [0.1, 0.15) is 17.5 Å². The molecule has 0 aliphatic carbocycles. The van der Waals surface area contributed by atoms with Crippen molar-refractivity contribution < 1.29 is 4.39 Å². The lowest BCUT2D eigenvalue weighted by atomic mass is 10.1. The lowest BCUT2D eigenvalue weighted by molar-refractivity contribution is 0.153. The molecule has 1 aliphatic heterocycles. The maximum Gasteiger partial charge on any atom is 0.129 e. The monoisotopic (exact) mass is 250 g/mol. The molecule has 100 valence electrons. The van der Waals surface area contributed by atoms with Gasteiger partial charge in [-0.05, 0) is 44.5 Å². The standard InChI is InChI=1S/C15H23FN2/c1-13-5-3-6-14(15(13)16)7-4-8-18-11-9-17(2)10-12-18/h3,5-6H,4,7-12H2,1-2H3. The van der Waals surface area contributed by atoms with Gasteiger partial charge in [-0.3, -0.25) is 0 Å². The summed E-state index contributed by atoms with van der Waals surface area (Å²) in [6, 6.07) is 5.69. The van der Waals surface area contributed by atoms with Gasteiger partial charge < -0.3 is 9.80 Å². The van der Waals surface area contributed by atoms with Crippen LogP contribution < -0.4 is 0 Å². The number of nitrogens with zero attached hydrogens (tertiary/aromatic N) is 2. The van der Waals surface area contributed by atoms with E-state index >= 15 is 0 Å². The second kappa shape index (κ2) is 6.30. The molecule has 0 atom stereocenters. The summed E-state index contributed by atoms with van der Waals surface area (Å²) in [6.45, 7) is 7.51. The van der Waals surface area contributed by atoms with E-state index in [9.17, 15) is 4.39 Å². The van der Waals surface area contributed by atoms with E-state index in [0.717, 1.165) is 56.7 Å². The van der Waals surface area contributed by atoms with Crippen LogP contribution in [0.3, 0.4) is 0 Å². The first-order valence-electron chi connectivity index (χ1n) is 6.81. The fourth-order valence-corrected chi connectivity index (χ4v) is 2.47. The van der Waals surface area contributed by atoms with E-state index in [1.807, 2.05) is 25.1 Å². The highest BCUT2D eigenvalue weighted by molar-refractivity contribution is 5.24. The average molecular weight is 250 g/mol. The van der Waals surface area contributed by atoms with Crippen molar-refractivity contribution in [2.75, 3.05) is 39.8 Å². The molecule has 0 N–H and O–H groups in total. The Hall–Kier alpha value is -0.930. The highest BCUT2D eigenvalue weighted by Gasteiger charge is 2.13. The van der Waals surface area contributed by atoms with E-state index < -0.39 is 0 Å². The molecule has 3 heteroatoms. The Morgan fingerprint density at radius 3 is 2.61 bits per heavy atom. The van der Waals surface area contributed by atoms with Crippen LogP contribution in [0.15, 0.2) is 18.2 Å². The third kappa shape index (κ3) is 3.53. The highest BCUT2D eigenvalue weighted by Crippen LogP contribution is 2.14. The first-order chi connectivity index (χ1) is 8.66. The van der Waals surface area contributed by atoms with Crippen molar-refractivity contribution in [1.29, 1.82) is 0 Å². The molecular weight excluding hydrogens is 227 g/mol. The van der Waals surface area contributed by atoms with E-state index in [4.69, 9.17) is 0 Å². The molecule has 1 aromatic carbocycles. The second-order valence-corrected chi connectivity index (χ2v) is 5.30. The fraction of sp³-hybridized carbons (Fsp3) is 0.600. The molecule has 1 aliphatic rings. The molecular formula is C15H23FN2. The maximum absolute atomic E-state index is 13.8. The molecule has 0 spiro atoms. The van der Waals surface area contributed by atoms with Crippen LogP contribution >= 0.6 is 0 Å². The van der Waals surface area contributed by atoms with Crippen LogP contribution in [-0.2, 0) is 6.42 Å². The molecule has 0 amide bonds. The van der Waals surface area contributed by atoms with Crippen molar-refractivity contribution >= 4 is 0 Å². The minimum absolute atomic E-state index is 0.0177. The van der Waals surface area contributed by atoms with E-state index in [-0.39, 0.29) is 5.82 Å². The number of hydrogen-bond donors (Lipinski definition) is 0. The van der Waals surface area contributed by atoms with Crippen molar-refractivity contribution in [3.63, 3.8) is 0 Å². The number of aryl methyl sites for hydroxylation is 2. The molecule has 0 radical (unpaired) electrons. The van der Waals surface area contributed by atoms with Crippen LogP contribution in [0, 0.1) is 12.7 Å². The molecule has 0 saturated carbocycles. The van der Waals surface area contributed by atoms with Crippen LogP contribution in [0.25, 0.3) is 0 Å². The fourth-order valence-electron chi connectivity index (χ4n) is 2.47. The molecule has 0 bridgehead atoms. The Bertz CT molecular complexity index is 384. The first kappa shape index (κ1) is 13.5. The molecule has 0 aromatic heterocycles. The Labute approximate surface area is 109 Å². The van der Waals surface area contributed by atoms with Gasteiger partial charge in [0.2, 0.25) is 0 Å². The summed E-state index contributed by atoms with van der Waals surface area (Å²) in [5, 5.41) is 0. The third-order valence-corrected chi connectivity index (χ3v) is 3.79. The summed E-state index contributed by atoms with van der Waals surface area (Å²) < 4.78 is 13.8. The maximum atomic E-state index is 13.8. The zero-order chi connectivity index (χ0) is 13.0. The third-order valence-electron chi connectivity index (χ3n) is 3.79. The lowest BCUT2D eigenvalue weighted by Gasteiger charge is -2.32. The number of benzene rings is 1. The summed E-state index contributed by atoms with van der Waals surface area (Å²) in [5.74, 6) is -0.0177. The number of rotatable bonds is 4. The van der Waals surface area contributed by atoms with Crippen molar-refractivity contribution in [2.24, 2.45) is 0 Å². The minimum atomic E-state index is -0.0177. The van der Waals surface area contributed by atoms with Crippen LogP contribution in [0.4, 0.5) is 4.39 Å². The van der Waals surface area contributed by atoms with E-state index in [1.54, 1.807) is 0 Å². The Kier molecular flexibility index (Phi) is 4.72. The Morgan fingerprint density at radius 2 is 1.89 bits per heavy atom. The van der Waals surface area contributed by atoms with Gasteiger partial charge in [0.05, 0.1) is 0 Å². The van der Waals surface area contributed by atoms with Gasteiger partial charge in [-0.15, -0.1) is 0 Å². The van der Waals surface area contributed by atoms with Gasteiger partial charge in [0, 0.05) is 26.2 Å². The first-order valence-corrected chi connectivity index (χ1v) is 6.81. The Morgan fingerprint density at radius 1 is 1.17 bits per heavy atom. The average Bonchev–Trinajstić information content (AvgIpc) is 2.37. The van der Waals surface area contributed by atoms with Crippen molar-refractivity contribution in [3.8, 4) is 0 Å². The van der Waals surface area contributed by atoms with Crippen LogP contribution in [0.2, 0.25) is 0 Å². The van der Waals surface area contributed by atoms with E-state index in [1.165, 1.54) is 0 Å². The summed E-state index contributed by atoms with van der Waals surface area (Å²) in [6.07, 6.45) is 1.89. The van der Waals surface area contributed by atoms with Crippen molar-refractivity contribution in [3.05, 3.63) is 35.1 Å². The summed E-state index contributed by atoms with van der Waals surface area (Å²) >= 11 is 0. The molecule has 1 heterocycles. The molecule has 18 heavy (non-hydrogen) atoms. The minimum Gasteiger partial charge on any atom is -0.304 e. The molecule has 2 rings (SSSR count). The van der Waals surface area contributed by atoms with Gasteiger partial charge in [-0.1, -0.05) is 18.2 Å². The molecule has 1 fully saturated rings. The van der Waals surface area contributed by atoms with E-state index in [0.29, 0.717) is 0 Å². The van der Waals surface area contributed by atoms with Gasteiger partial charge in [0.25, 0.3) is 0 Å². The van der Waals surface area contributed by atoms with Crippen molar-refractivity contribution in [2.45, 2.75) is 19.8 Å². The molecule has 1 saturated heterocycles. The highest BCUT2D eigenvalue weighted by atomic mass is 19.1. The van der Waals surface area contributed by atoms with Crippen LogP contribution in [0.5, 0.6) is 0 Å². The lowest BCUT2D eigenvalue weighted by Crippen LogP contribution is -2.44. The number of piperazine rings is 1. The van der Waals surface area contributed by atoms with Crippen LogP contribution in [-0.4, -0.2) is 49.6 Å². The zero-order valence-corrected chi connectivity index (χ0v) is 11.5. The van der Waals surface area contributed by atoms with Crippen molar-refractivity contribution in [1.82, 2.24) is 9.80 Å².